The second-order valence-corrected chi connectivity index (χ2v) is 6.31. The van der Waals surface area contributed by atoms with Crippen molar-refractivity contribution >= 4 is 17.6 Å². The topological polar surface area (TPSA) is 70.4 Å². The Bertz CT molecular complexity index is 1050. The van der Waals surface area contributed by atoms with Crippen LogP contribution in [0.15, 0.2) is 72.8 Å². The van der Waals surface area contributed by atoms with E-state index in [0.717, 1.165) is 5.56 Å². The Balaban J connectivity index is 1.70. The van der Waals surface area contributed by atoms with Crippen molar-refractivity contribution in [3.05, 3.63) is 95.1 Å². The smallest absolute Gasteiger partial charge is 0.343 e. The molecule has 0 aliphatic rings. The minimum atomic E-state index is -0.547. The van der Waals surface area contributed by atoms with E-state index in [-0.39, 0.29) is 5.91 Å². The Kier molecular flexibility index (Phi) is 5.52. The molecule has 0 aromatic heterocycles. The number of ether oxygens (including phenoxy) is 1. The maximum Gasteiger partial charge on any atom is 0.343 e. The summed E-state index contributed by atoms with van der Waals surface area (Å²) in [5.41, 5.74) is 3.05. The SMILES string of the molecule is Cc1ccc(C(=O)N(C)c2ccc(OC(=O)c3cccc(C#N)c3)cc2)cc1. The summed E-state index contributed by atoms with van der Waals surface area (Å²) in [5, 5.41) is 8.92. The van der Waals surface area contributed by atoms with Gasteiger partial charge >= 0.3 is 5.97 Å². The molecule has 28 heavy (non-hydrogen) atoms. The molecule has 0 saturated heterocycles. The maximum atomic E-state index is 12.6. The highest BCUT2D eigenvalue weighted by Gasteiger charge is 2.14. The van der Waals surface area contributed by atoms with Crippen LogP contribution in [-0.2, 0) is 0 Å². The molecular weight excluding hydrogens is 352 g/mol. The third kappa shape index (κ3) is 4.25. The van der Waals surface area contributed by atoms with Gasteiger partial charge in [-0.3, -0.25) is 4.79 Å². The number of rotatable bonds is 4. The van der Waals surface area contributed by atoms with Gasteiger partial charge in [-0.05, 0) is 61.5 Å². The number of amides is 1. The van der Waals surface area contributed by atoms with Gasteiger partial charge < -0.3 is 9.64 Å². The average Bonchev–Trinajstić information content (AvgIpc) is 2.74. The van der Waals surface area contributed by atoms with E-state index in [1.807, 2.05) is 25.1 Å². The average molecular weight is 370 g/mol. The van der Waals surface area contributed by atoms with E-state index in [1.54, 1.807) is 61.6 Å². The first kappa shape index (κ1) is 18.9. The van der Waals surface area contributed by atoms with E-state index in [1.165, 1.54) is 11.0 Å². The Morgan fingerprint density at radius 1 is 0.929 bits per heavy atom. The number of carbonyl (C=O) groups excluding carboxylic acids is 2. The summed E-state index contributed by atoms with van der Waals surface area (Å²) in [4.78, 5) is 26.3. The second-order valence-electron chi connectivity index (χ2n) is 6.31. The van der Waals surface area contributed by atoms with Gasteiger partial charge in [-0.2, -0.15) is 5.26 Å². The van der Waals surface area contributed by atoms with Crippen LogP contribution >= 0.6 is 0 Å². The van der Waals surface area contributed by atoms with Crippen molar-refractivity contribution in [2.24, 2.45) is 0 Å². The van der Waals surface area contributed by atoms with Crippen molar-refractivity contribution < 1.29 is 14.3 Å². The van der Waals surface area contributed by atoms with E-state index in [4.69, 9.17) is 10.00 Å². The summed E-state index contributed by atoms with van der Waals surface area (Å²) in [6.07, 6.45) is 0. The molecule has 0 atom stereocenters. The molecule has 0 aliphatic heterocycles. The van der Waals surface area contributed by atoms with Crippen molar-refractivity contribution in [1.82, 2.24) is 0 Å². The Morgan fingerprint density at radius 2 is 1.61 bits per heavy atom. The summed E-state index contributed by atoms with van der Waals surface area (Å²) < 4.78 is 5.34. The maximum absolute atomic E-state index is 12.6. The molecule has 1 amide bonds. The fourth-order valence-electron chi connectivity index (χ4n) is 2.63. The summed E-state index contributed by atoms with van der Waals surface area (Å²) in [6, 6.07) is 22.3. The van der Waals surface area contributed by atoms with Crippen LogP contribution in [0.4, 0.5) is 5.69 Å². The van der Waals surface area contributed by atoms with Crippen LogP contribution in [0.5, 0.6) is 5.75 Å². The standard InChI is InChI=1S/C23H18N2O3/c1-16-6-8-18(9-7-16)22(26)25(2)20-10-12-21(13-11-20)28-23(27)19-5-3-4-17(14-19)15-24/h3-14H,1-2H3. The molecule has 5 heteroatoms. The minimum Gasteiger partial charge on any atom is -0.423 e. The number of nitriles is 1. The Morgan fingerprint density at radius 3 is 2.25 bits per heavy atom. The van der Waals surface area contributed by atoms with Gasteiger partial charge in [0.05, 0.1) is 17.2 Å². The highest BCUT2D eigenvalue weighted by atomic mass is 16.5. The minimum absolute atomic E-state index is 0.127. The van der Waals surface area contributed by atoms with Crippen LogP contribution in [0, 0.1) is 18.3 Å². The van der Waals surface area contributed by atoms with Crippen molar-refractivity contribution in [1.29, 1.82) is 5.26 Å². The van der Waals surface area contributed by atoms with Crippen molar-refractivity contribution in [3.63, 3.8) is 0 Å². The number of carbonyl (C=O) groups is 2. The molecule has 0 saturated carbocycles. The van der Waals surface area contributed by atoms with Crippen molar-refractivity contribution in [2.45, 2.75) is 6.92 Å². The monoisotopic (exact) mass is 370 g/mol. The zero-order chi connectivity index (χ0) is 20.1. The van der Waals surface area contributed by atoms with Crippen molar-refractivity contribution in [3.8, 4) is 11.8 Å². The molecule has 138 valence electrons. The zero-order valence-corrected chi connectivity index (χ0v) is 15.5. The molecule has 3 aromatic rings. The quantitative estimate of drug-likeness (QED) is 0.505. The van der Waals surface area contributed by atoms with Crippen molar-refractivity contribution in [2.75, 3.05) is 11.9 Å². The van der Waals surface area contributed by atoms with Crippen LogP contribution < -0.4 is 9.64 Å². The van der Waals surface area contributed by atoms with Crippen LogP contribution in [0.25, 0.3) is 0 Å². The lowest BCUT2D eigenvalue weighted by Gasteiger charge is -2.18. The van der Waals surface area contributed by atoms with Gasteiger partial charge in [-0.25, -0.2) is 4.79 Å². The van der Waals surface area contributed by atoms with Gasteiger partial charge in [-0.15, -0.1) is 0 Å². The zero-order valence-electron chi connectivity index (χ0n) is 15.5. The van der Waals surface area contributed by atoms with E-state index >= 15 is 0 Å². The number of hydrogen-bond donors (Lipinski definition) is 0. The summed E-state index contributed by atoms with van der Waals surface area (Å²) in [7, 11) is 1.69. The lowest BCUT2D eigenvalue weighted by Crippen LogP contribution is -2.26. The van der Waals surface area contributed by atoms with Crippen LogP contribution in [-0.4, -0.2) is 18.9 Å². The number of nitrogens with zero attached hydrogens (tertiary/aromatic N) is 2. The molecule has 0 fully saturated rings. The number of anilines is 1. The Labute approximate surface area is 163 Å². The molecule has 3 rings (SSSR count). The highest BCUT2D eigenvalue weighted by Crippen LogP contribution is 2.21. The number of benzene rings is 3. The first-order valence-electron chi connectivity index (χ1n) is 8.65. The van der Waals surface area contributed by atoms with Crippen LogP contribution in [0.2, 0.25) is 0 Å². The van der Waals surface area contributed by atoms with Gasteiger partial charge in [0.15, 0.2) is 0 Å². The van der Waals surface area contributed by atoms with Gasteiger partial charge in [0, 0.05) is 18.3 Å². The molecular formula is C23H18N2O3. The number of esters is 1. The highest BCUT2D eigenvalue weighted by molar-refractivity contribution is 6.05. The lowest BCUT2D eigenvalue weighted by atomic mass is 10.1. The summed E-state index contributed by atoms with van der Waals surface area (Å²) in [5.74, 6) is -0.320. The molecule has 0 radical (unpaired) electrons. The molecule has 0 aliphatic carbocycles. The molecule has 0 spiro atoms. The number of aryl methyl sites for hydroxylation is 1. The summed E-state index contributed by atoms with van der Waals surface area (Å²) >= 11 is 0. The van der Waals surface area contributed by atoms with E-state index < -0.39 is 5.97 Å². The second kappa shape index (κ2) is 8.19. The van der Waals surface area contributed by atoms with Crippen LogP contribution in [0.3, 0.4) is 0 Å². The molecule has 0 heterocycles. The van der Waals surface area contributed by atoms with E-state index in [9.17, 15) is 9.59 Å². The Hall–Kier alpha value is -3.91. The predicted molar refractivity (Wildman–Crippen MR) is 106 cm³/mol. The first-order valence-corrected chi connectivity index (χ1v) is 8.65. The van der Waals surface area contributed by atoms with Gasteiger partial charge in [0.2, 0.25) is 0 Å². The molecule has 0 unspecified atom stereocenters. The third-order valence-electron chi connectivity index (χ3n) is 4.27. The molecule has 5 nitrogen and oxygen atoms in total. The lowest BCUT2D eigenvalue weighted by molar-refractivity contribution is 0.0734. The fourth-order valence-corrected chi connectivity index (χ4v) is 2.63. The normalized spacial score (nSPS) is 10.0. The molecule has 0 N–H and O–H groups in total. The van der Waals surface area contributed by atoms with E-state index in [2.05, 4.69) is 0 Å². The van der Waals surface area contributed by atoms with E-state index in [0.29, 0.717) is 28.1 Å². The van der Waals surface area contributed by atoms with Gasteiger partial charge in [-0.1, -0.05) is 23.8 Å². The third-order valence-corrected chi connectivity index (χ3v) is 4.27. The first-order chi connectivity index (χ1) is 13.5. The number of hydrogen-bond acceptors (Lipinski definition) is 4. The molecule has 0 bridgehead atoms. The van der Waals surface area contributed by atoms with Gasteiger partial charge in [0.1, 0.15) is 5.75 Å². The summed E-state index contributed by atoms with van der Waals surface area (Å²) in [6.45, 7) is 1.97. The largest absolute Gasteiger partial charge is 0.423 e. The predicted octanol–water partition coefficient (Wildman–Crippen LogP) is 4.36. The fraction of sp³-hybridized carbons (Fsp3) is 0.0870. The van der Waals surface area contributed by atoms with Gasteiger partial charge in [0.25, 0.3) is 5.91 Å². The van der Waals surface area contributed by atoms with Crippen LogP contribution in [0.1, 0.15) is 31.8 Å². The molecule has 3 aromatic carbocycles.